The summed E-state index contributed by atoms with van der Waals surface area (Å²) in [6, 6.07) is 0. The highest BCUT2D eigenvalue weighted by molar-refractivity contribution is 4.73. The highest BCUT2D eigenvalue weighted by atomic mass is 16.5. The van der Waals surface area contributed by atoms with Crippen LogP contribution in [0.4, 0.5) is 0 Å². The topological polar surface area (TPSA) is 61.7 Å². The number of aliphatic hydroxyl groups is 2. The third-order valence-corrected chi connectivity index (χ3v) is 4.07. The zero-order chi connectivity index (χ0) is 14.8. The van der Waals surface area contributed by atoms with E-state index < -0.39 is 6.10 Å². The van der Waals surface area contributed by atoms with Gasteiger partial charge >= 0.3 is 0 Å². The Balaban J connectivity index is 2.05. The van der Waals surface area contributed by atoms with Crippen LogP contribution < -0.4 is 5.32 Å². The minimum absolute atomic E-state index is 0.159. The zero-order valence-corrected chi connectivity index (χ0v) is 13.2. The molecule has 0 aliphatic heterocycles. The molecule has 120 valence electrons. The van der Waals surface area contributed by atoms with Crippen LogP contribution in [-0.4, -0.2) is 48.7 Å². The summed E-state index contributed by atoms with van der Waals surface area (Å²) in [6.45, 7) is 6.49. The Morgan fingerprint density at radius 2 is 1.95 bits per heavy atom. The van der Waals surface area contributed by atoms with Gasteiger partial charge in [-0.1, -0.05) is 33.1 Å². The third-order valence-electron chi connectivity index (χ3n) is 4.07. The molecule has 0 aromatic carbocycles. The molecule has 4 heteroatoms. The maximum atomic E-state index is 9.93. The van der Waals surface area contributed by atoms with Gasteiger partial charge in [-0.15, -0.1) is 0 Å². The summed E-state index contributed by atoms with van der Waals surface area (Å²) in [5.74, 6) is 0. The van der Waals surface area contributed by atoms with Crippen molar-refractivity contribution in [1.29, 1.82) is 0 Å². The molecule has 1 atom stereocenters. The third kappa shape index (κ3) is 8.20. The van der Waals surface area contributed by atoms with E-state index in [1.165, 1.54) is 19.3 Å². The van der Waals surface area contributed by atoms with E-state index in [0.29, 0.717) is 19.3 Å². The first-order chi connectivity index (χ1) is 9.53. The maximum absolute atomic E-state index is 9.93. The van der Waals surface area contributed by atoms with E-state index in [1.807, 2.05) is 0 Å². The zero-order valence-electron chi connectivity index (χ0n) is 13.2. The molecule has 0 radical (unpaired) electrons. The van der Waals surface area contributed by atoms with Crippen molar-refractivity contribution in [3.8, 4) is 0 Å². The highest BCUT2D eigenvalue weighted by Gasteiger charge is 2.18. The number of nitrogens with one attached hydrogen (secondary N) is 1. The lowest BCUT2D eigenvalue weighted by atomic mass is 9.88. The second-order valence-corrected chi connectivity index (χ2v) is 6.87. The Labute approximate surface area is 123 Å². The average Bonchev–Trinajstić information content (AvgIpc) is 2.44. The molecule has 0 bridgehead atoms. The second-order valence-electron chi connectivity index (χ2n) is 6.87. The van der Waals surface area contributed by atoms with Crippen molar-refractivity contribution in [2.75, 3.05) is 26.3 Å². The molecule has 20 heavy (non-hydrogen) atoms. The summed E-state index contributed by atoms with van der Waals surface area (Å²) in [5.41, 5.74) is 0.159. The maximum Gasteiger partial charge on any atom is 0.0897 e. The largest absolute Gasteiger partial charge is 0.396 e. The van der Waals surface area contributed by atoms with Crippen molar-refractivity contribution in [3.63, 3.8) is 0 Å². The van der Waals surface area contributed by atoms with E-state index >= 15 is 0 Å². The first kappa shape index (κ1) is 17.9. The average molecular weight is 287 g/mol. The fourth-order valence-corrected chi connectivity index (χ4v) is 2.76. The molecule has 1 unspecified atom stereocenters. The lowest BCUT2D eigenvalue weighted by Crippen LogP contribution is -2.37. The summed E-state index contributed by atoms with van der Waals surface area (Å²) in [4.78, 5) is 0. The van der Waals surface area contributed by atoms with Crippen LogP contribution in [0.1, 0.15) is 58.8 Å². The lowest BCUT2D eigenvalue weighted by Gasteiger charge is -2.26. The monoisotopic (exact) mass is 287 g/mol. The molecule has 3 N–H and O–H groups in total. The van der Waals surface area contributed by atoms with Crippen molar-refractivity contribution in [3.05, 3.63) is 0 Å². The lowest BCUT2D eigenvalue weighted by molar-refractivity contribution is -0.0234. The quantitative estimate of drug-likeness (QED) is 0.576. The van der Waals surface area contributed by atoms with Crippen LogP contribution in [0, 0.1) is 5.41 Å². The Morgan fingerprint density at radius 3 is 2.60 bits per heavy atom. The SMILES string of the molecule is CC(C)(CCCO)CNCC(O)COC1CCCCC1. The number of hydrogen-bond donors (Lipinski definition) is 3. The smallest absolute Gasteiger partial charge is 0.0897 e. The molecule has 0 aromatic rings. The van der Waals surface area contributed by atoms with Crippen LogP contribution >= 0.6 is 0 Å². The van der Waals surface area contributed by atoms with Crippen molar-refractivity contribution >= 4 is 0 Å². The van der Waals surface area contributed by atoms with Gasteiger partial charge in [0.25, 0.3) is 0 Å². The molecular weight excluding hydrogens is 254 g/mol. The molecule has 1 aliphatic carbocycles. The molecular formula is C16H33NO3. The Bertz CT molecular complexity index is 240. The van der Waals surface area contributed by atoms with E-state index in [-0.39, 0.29) is 12.0 Å². The van der Waals surface area contributed by atoms with E-state index in [4.69, 9.17) is 9.84 Å². The van der Waals surface area contributed by atoms with E-state index in [9.17, 15) is 5.11 Å². The van der Waals surface area contributed by atoms with Gasteiger partial charge in [-0.05, 0) is 31.1 Å². The number of ether oxygens (including phenoxy) is 1. The molecule has 4 nitrogen and oxygen atoms in total. The molecule has 0 amide bonds. The van der Waals surface area contributed by atoms with Gasteiger partial charge < -0.3 is 20.3 Å². The summed E-state index contributed by atoms with van der Waals surface area (Å²) in [5, 5.41) is 22.1. The summed E-state index contributed by atoms with van der Waals surface area (Å²) in [7, 11) is 0. The van der Waals surface area contributed by atoms with Crippen molar-refractivity contribution in [1.82, 2.24) is 5.32 Å². The normalized spacial score (nSPS) is 19.2. The Kier molecular flexibility index (Phi) is 8.69. The predicted molar refractivity (Wildman–Crippen MR) is 81.8 cm³/mol. The van der Waals surface area contributed by atoms with Gasteiger partial charge in [0, 0.05) is 19.7 Å². The number of rotatable bonds is 10. The van der Waals surface area contributed by atoms with Gasteiger partial charge in [0.1, 0.15) is 0 Å². The molecule has 0 saturated heterocycles. The van der Waals surface area contributed by atoms with Crippen LogP contribution in [0.3, 0.4) is 0 Å². The second kappa shape index (κ2) is 9.72. The van der Waals surface area contributed by atoms with Crippen LogP contribution in [0.2, 0.25) is 0 Å². The number of hydrogen-bond acceptors (Lipinski definition) is 4. The van der Waals surface area contributed by atoms with Gasteiger partial charge in [0.2, 0.25) is 0 Å². The summed E-state index contributed by atoms with van der Waals surface area (Å²) in [6.07, 6.45) is 7.91. The molecule has 0 aromatic heterocycles. The fourth-order valence-electron chi connectivity index (χ4n) is 2.76. The predicted octanol–water partition coefficient (Wildman–Crippen LogP) is 2.08. The van der Waals surface area contributed by atoms with E-state index in [1.54, 1.807) is 0 Å². The summed E-state index contributed by atoms with van der Waals surface area (Å²) >= 11 is 0. The van der Waals surface area contributed by atoms with Crippen molar-refractivity contribution < 1.29 is 14.9 Å². The van der Waals surface area contributed by atoms with Crippen LogP contribution in [0.15, 0.2) is 0 Å². The van der Waals surface area contributed by atoms with Gasteiger partial charge in [-0.2, -0.15) is 0 Å². The molecule has 0 spiro atoms. The van der Waals surface area contributed by atoms with Crippen LogP contribution in [0.5, 0.6) is 0 Å². The molecule has 1 fully saturated rings. The summed E-state index contributed by atoms with van der Waals surface area (Å²) < 4.78 is 5.77. The minimum Gasteiger partial charge on any atom is -0.396 e. The first-order valence-electron chi connectivity index (χ1n) is 8.15. The molecule has 1 rings (SSSR count). The number of aliphatic hydroxyl groups excluding tert-OH is 2. The van der Waals surface area contributed by atoms with Gasteiger partial charge in [-0.3, -0.25) is 0 Å². The molecule has 0 heterocycles. The van der Waals surface area contributed by atoms with Gasteiger partial charge in [-0.25, -0.2) is 0 Å². The fraction of sp³-hybridized carbons (Fsp3) is 1.00. The Morgan fingerprint density at radius 1 is 1.25 bits per heavy atom. The highest BCUT2D eigenvalue weighted by Crippen LogP contribution is 2.21. The molecule has 1 aliphatic rings. The van der Waals surface area contributed by atoms with Crippen LogP contribution in [0.25, 0.3) is 0 Å². The molecule has 1 saturated carbocycles. The van der Waals surface area contributed by atoms with E-state index in [2.05, 4.69) is 19.2 Å². The van der Waals surface area contributed by atoms with Crippen molar-refractivity contribution in [2.45, 2.75) is 71.0 Å². The van der Waals surface area contributed by atoms with Crippen molar-refractivity contribution in [2.24, 2.45) is 5.41 Å². The standard InChI is InChI=1S/C16H33NO3/c1-16(2,9-6-10-18)13-17-11-14(19)12-20-15-7-4-3-5-8-15/h14-15,17-19H,3-13H2,1-2H3. The minimum atomic E-state index is -0.425. The Hall–Kier alpha value is -0.160. The first-order valence-corrected chi connectivity index (χ1v) is 8.15. The van der Waals surface area contributed by atoms with E-state index in [0.717, 1.165) is 32.2 Å². The van der Waals surface area contributed by atoms with Crippen LogP contribution in [-0.2, 0) is 4.74 Å². The van der Waals surface area contributed by atoms with Gasteiger partial charge in [0.15, 0.2) is 0 Å². The van der Waals surface area contributed by atoms with Gasteiger partial charge in [0.05, 0.1) is 18.8 Å².